The van der Waals surface area contributed by atoms with Gasteiger partial charge in [-0.3, -0.25) is 0 Å². The van der Waals surface area contributed by atoms with Crippen molar-refractivity contribution in [3.63, 3.8) is 0 Å². The van der Waals surface area contributed by atoms with E-state index in [0.717, 1.165) is 27.9 Å². The first kappa shape index (κ1) is 13.8. The third-order valence-electron chi connectivity index (χ3n) is 3.91. The Balaban J connectivity index is 2.08. The van der Waals surface area contributed by atoms with E-state index in [1.807, 2.05) is 0 Å². The average Bonchev–Trinajstić information content (AvgIpc) is 2.85. The lowest BCUT2D eigenvalue weighted by Crippen LogP contribution is -2.11. The number of hydrogen-bond donors (Lipinski definition) is 1. The van der Waals surface area contributed by atoms with Crippen LogP contribution in [0.5, 0.6) is 0 Å². The minimum atomic E-state index is 0.294. The molecule has 0 radical (unpaired) electrons. The first-order valence-corrected chi connectivity index (χ1v) is 8.06. The van der Waals surface area contributed by atoms with Crippen LogP contribution < -0.4 is 5.73 Å². The largest absolute Gasteiger partial charge is 0.383 e. The van der Waals surface area contributed by atoms with Crippen molar-refractivity contribution in [3.05, 3.63) is 50.5 Å². The Bertz CT molecular complexity index is 652. The summed E-state index contributed by atoms with van der Waals surface area (Å²) < 4.78 is 0.993. The molecule has 0 amide bonds. The predicted octanol–water partition coefficient (Wildman–Crippen LogP) is 3.86. The molecule has 0 fully saturated rings. The fourth-order valence-corrected chi connectivity index (χ4v) is 3.73. The summed E-state index contributed by atoms with van der Waals surface area (Å²) in [7, 11) is 0. The van der Waals surface area contributed by atoms with Crippen LogP contribution in [0.15, 0.2) is 24.3 Å². The molecule has 3 nitrogen and oxygen atoms in total. The molecule has 0 bridgehead atoms. The highest BCUT2D eigenvalue weighted by Gasteiger charge is 2.27. The SMILES string of the molecule is CC(C)c1nc(C2CCc3ccccc32)nc(N)c1I. The Morgan fingerprint density at radius 1 is 1.25 bits per heavy atom. The minimum Gasteiger partial charge on any atom is -0.383 e. The van der Waals surface area contributed by atoms with E-state index >= 15 is 0 Å². The van der Waals surface area contributed by atoms with Crippen LogP contribution in [0.2, 0.25) is 0 Å². The number of nitrogens with two attached hydrogens (primary N) is 1. The van der Waals surface area contributed by atoms with Crippen LogP contribution in [0, 0.1) is 3.57 Å². The van der Waals surface area contributed by atoms with Gasteiger partial charge in [0.05, 0.1) is 9.26 Å². The summed E-state index contributed by atoms with van der Waals surface area (Å²) in [5.74, 6) is 2.16. The highest BCUT2D eigenvalue weighted by atomic mass is 127. The van der Waals surface area contributed by atoms with Crippen LogP contribution in [-0.2, 0) is 6.42 Å². The number of benzene rings is 1. The zero-order chi connectivity index (χ0) is 14.3. The lowest BCUT2D eigenvalue weighted by Gasteiger charge is -2.15. The van der Waals surface area contributed by atoms with Gasteiger partial charge in [-0.2, -0.15) is 0 Å². The lowest BCUT2D eigenvalue weighted by molar-refractivity contribution is 0.702. The molecule has 104 valence electrons. The molecule has 1 atom stereocenters. The summed E-state index contributed by atoms with van der Waals surface area (Å²) in [5, 5.41) is 0. The Morgan fingerprint density at radius 3 is 2.75 bits per heavy atom. The molecule has 2 N–H and O–H groups in total. The van der Waals surface area contributed by atoms with Gasteiger partial charge in [0.15, 0.2) is 0 Å². The molecule has 4 heteroatoms. The summed E-state index contributed by atoms with van der Waals surface area (Å²) in [6, 6.07) is 8.59. The van der Waals surface area contributed by atoms with Crippen LogP contribution in [-0.4, -0.2) is 9.97 Å². The second-order valence-corrected chi connectivity index (χ2v) is 6.69. The van der Waals surface area contributed by atoms with E-state index in [-0.39, 0.29) is 0 Å². The van der Waals surface area contributed by atoms with Crippen molar-refractivity contribution in [1.29, 1.82) is 0 Å². The van der Waals surface area contributed by atoms with E-state index < -0.39 is 0 Å². The monoisotopic (exact) mass is 379 g/mol. The number of fused-ring (bicyclic) bond motifs is 1. The van der Waals surface area contributed by atoms with Crippen LogP contribution in [0.3, 0.4) is 0 Å². The van der Waals surface area contributed by atoms with E-state index in [9.17, 15) is 0 Å². The molecule has 1 aromatic carbocycles. The number of rotatable bonds is 2. The van der Waals surface area contributed by atoms with Gasteiger partial charge in [-0.25, -0.2) is 9.97 Å². The van der Waals surface area contributed by atoms with Crippen LogP contribution in [0.1, 0.15) is 54.7 Å². The zero-order valence-corrected chi connectivity index (χ0v) is 13.9. The third kappa shape index (κ3) is 2.30. The maximum atomic E-state index is 6.09. The highest BCUT2D eigenvalue weighted by Crippen LogP contribution is 2.37. The molecule has 0 aliphatic heterocycles. The second kappa shape index (κ2) is 5.31. The molecule has 1 heterocycles. The number of nitrogen functional groups attached to an aromatic ring is 1. The van der Waals surface area contributed by atoms with Crippen LogP contribution in [0.4, 0.5) is 5.82 Å². The maximum Gasteiger partial charge on any atom is 0.140 e. The molecule has 20 heavy (non-hydrogen) atoms. The van der Waals surface area contributed by atoms with E-state index in [0.29, 0.717) is 17.7 Å². The van der Waals surface area contributed by atoms with Gasteiger partial charge in [0.1, 0.15) is 11.6 Å². The Labute approximate surface area is 133 Å². The topological polar surface area (TPSA) is 51.8 Å². The molecule has 3 rings (SSSR count). The molecular formula is C16H18IN3. The number of hydrogen-bond acceptors (Lipinski definition) is 3. The fraction of sp³-hybridized carbons (Fsp3) is 0.375. The Morgan fingerprint density at radius 2 is 2.00 bits per heavy atom. The number of halogens is 1. The van der Waals surface area contributed by atoms with Crippen molar-refractivity contribution in [2.75, 3.05) is 5.73 Å². The molecule has 1 aliphatic carbocycles. The van der Waals surface area contributed by atoms with Gasteiger partial charge in [-0.15, -0.1) is 0 Å². The summed E-state index contributed by atoms with van der Waals surface area (Å²) in [6.45, 7) is 4.30. The zero-order valence-electron chi connectivity index (χ0n) is 11.7. The van der Waals surface area contributed by atoms with E-state index in [4.69, 9.17) is 10.7 Å². The van der Waals surface area contributed by atoms with Gasteiger partial charge >= 0.3 is 0 Å². The van der Waals surface area contributed by atoms with Crippen LogP contribution >= 0.6 is 22.6 Å². The Kier molecular flexibility index (Phi) is 3.67. The smallest absolute Gasteiger partial charge is 0.140 e. The van der Waals surface area contributed by atoms with Gasteiger partial charge in [-0.05, 0) is 52.5 Å². The van der Waals surface area contributed by atoms with Crippen molar-refractivity contribution in [3.8, 4) is 0 Å². The van der Waals surface area contributed by atoms with Crippen LogP contribution in [0.25, 0.3) is 0 Å². The quantitative estimate of drug-likeness (QED) is 0.807. The number of aryl methyl sites for hydroxylation is 1. The van der Waals surface area contributed by atoms with E-state index in [2.05, 4.69) is 65.7 Å². The maximum absolute atomic E-state index is 6.09. The molecular weight excluding hydrogens is 361 g/mol. The number of anilines is 1. The Hall–Kier alpha value is -1.17. The molecule has 1 aliphatic rings. The fourth-order valence-electron chi connectivity index (χ4n) is 2.86. The van der Waals surface area contributed by atoms with E-state index in [1.54, 1.807) is 0 Å². The molecule has 0 saturated heterocycles. The molecule has 0 saturated carbocycles. The number of nitrogens with zero attached hydrogens (tertiary/aromatic N) is 2. The summed E-state index contributed by atoms with van der Waals surface area (Å²) in [4.78, 5) is 9.37. The highest BCUT2D eigenvalue weighted by molar-refractivity contribution is 14.1. The van der Waals surface area contributed by atoms with Crippen molar-refractivity contribution < 1.29 is 0 Å². The van der Waals surface area contributed by atoms with Gasteiger partial charge in [0.25, 0.3) is 0 Å². The van der Waals surface area contributed by atoms with Crippen molar-refractivity contribution in [2.45, 2.75) is 38.5 Å². The predicted molar refractivity (Wildman–Crippen MR) is 89.9 cm³/mol. The normalized spacial score (nSPS) is 17.5. The summed E-state index contributed by atoms with van der Waals surface area (Å²) in [6.07, 6.45) is 2.18. The standard InChI is InChI=1S/C16H18IN3/c1-9(2)14-13(17)15(18)20-16(19-14)12-8-7-10-5-3-4-6-11(10)12/h3-6,9,12H,7-8H2,1-2H3,(H2,18,19,20). The first-order chi connectivity index (χ1) is 9.58. The van der Waals surface area contributed by atoms with Gasteiger partial charge in [0.2, 0.25) is 0 Å². The summed E-state index contributed by atoms with van der Waals surface area (Å²) in [5.41, 5.74) is 9.94. The van der Waals surface area contributed by atoms with Crippen molar-refractivity contribution in [1.82, 2.24) is 9.97 Å². The average molecular weight is 379 g/mol. The molecule has 2 aromatic rings. The lowest BCUT2D eigenvalue weighted by atomic mass is 10.00. The van der Waals surface area contributed by atoms with Crippen molar-refractivity contribution in [2.24, 2.45) is 0 Å². The van der Waals surface area contributed by atoms with Gasteiger partial charge < -0.3 is 5.73 Å². The number of aromatic nitrogens is 2. The molecule has 0 spiro atoms. The first-order valence-electron chi connectivity index (χ1n) is 6.98. The van der Waals surface area contributed by atoms with Gasteiger partial charge in [0, 0.05) is 5.92 Å². The van der Waals surface area contributed by atoms with Crippen molar-refractivity contribution >= 4 is 28.4 Å². The van der Waals surface area contributed by atoms with Gasteiger partial charge in [-0.1, -0.05) is 38.1 Å². The summed E-state index contributed by atoms with van der Waals surface area (Å²) >= 11 is 2.25. The molecule has 1 unspecified atom stereocenters. The molecule has 1 aromatic heterocycles. The second-order valence-electron chi connectivity index (χ2n) is 5.61. The van der Waals surface area contributed by atoms with E-state index in [1.165, 1.54) is 11.1 Å². The third-order valence-corrected chi connectivity index (χ3v) is 5.02. The minimum absolute atomic E-state index is 0.294.